The number of amides is 1. The predicted molar refractivity (Wildman–Crippen MR) is 132 cm³/mol. The van der Waals surface area contributed by atoms with Gasteiger partial charge in [0.1, 0.15) is 6.61 Å². The second-order valence-electron chi connectivity index (χ2n) is 7.55. The molecule has 0 unspecified atom stereocenters. The zero-order valence-corrected chi connectivity index (χ0v) is 18.5. The third-order valence-electron chi connectivity index (χ3n) is 5.24. The lowest BCUT2D eigenvalue weighted by Crippen LogP contribution is -2.11. The third-order valence-corrected chi connectivity index (χ3v) is 5.24. The molecule has 4 aromatic rings. The van der Waals surface area contributed by atoms with Gasteiger partial charge >= 0.3 is 5.97 Å². The first-order chi connectivity index (χ1) is 16.5. The van der Waals surface area contributed by atoms with Crippen molar-refractivity contribution in [1.82, 2.24) is 0 Å². The highest BCUT2D eigenvalue weighted by Gasteiger charge is 2.10. The van der Waals surface area contributed by atoms with Crippen LogP contribution in [0.1, 0.15) is 21.5 Å². The number of nitrogens with one attached hydrogen (secondary N) is 1. The quantitative estimate of drug-likeness (QED) is 0.331. The average molecular weight is 453 g/mol. The minimum Gasteiger partial charge on any atom is -0.493 e. The molecule has 6 heteroatoms. The summed E-state index contributed by atoms with van der Waals surface area (Å²) >= 11 is 0. The molecule has 0 aliphatic rings. The number of anilines is 1. The number of hydrogen-bond donors (Lipinski definition) is 2. The number of carbonyl (C=O) groups excluding carboxylic acids is 1. The second-order valence-corrected chi connectivity index (χ2v) is 7.55. The highest BCUT2D eigenvalue weighted by Crippen LogP contribution is 2.29. The number of hydrogen-bond acceptors (Lipinski definition) is 4. The monoisotopic (exact) mass is 453 g/mol. The first kappa shape index (κ1) is 22.6. The fraction of sp³-hybridized carbons (Fsp3) is 0.0714. The Labute approximate surface area is 197 Å². The molecule has 0 bridgehead atoms. The minimum atomic E-state index is -1.11. The number of ether oxygens (including phenoxy) is 2. The molecule has 0 aromatic heterocycles. The van der Waals surface area contributed by atoms with Crippen molar-refractivity contribution in [2.24, 2.45) is 0 Å². The van der Waals surface area contributed by atoms with Crippen LogP contribution in [0.4, 0.5) is 5.69 Å². The van der Waals surface area contributed by atoms with Crippen molar-refractivity contribution in [3.8, 4) is 11.5 Å². The van der Waals surface area contributed by atoms with Gasteiger partial charge in [-0.2, -0.15) is 0 Å². The van der Waals surface area contributed by atoms with Crippen molar-refractivity contribution in [2.45, 2.75) is 6.61 Å². The molecule has 34 heavy (non-hydrogen) atoms. The van der Waals surface area contributed by atoms with Crippen LogP contribution in [-0.2, 0) is 11.4 Å². The summed E-state index contributed by atoms with van der Waals surface area (Å²) in [7, 11) is 1.56. The Morgan fingerprint density at radius 1 is 0.882 bits per heavy atom. The number of para-hydroxylation sites is 1. The first-order valence-corrected chi connectivity index (χ1v) is 10.6. The van der Waals surface area contributed by atoms with Crippen LogP contribution >= 0.6 is 0 Å². The summed E-state index contributed by atoms with van der Waals surface area (Å²) in [5, 5.41) is 14.2. The molecule has 0 saturated carbocycles. The maximum Gasteiger partial charge on any atom is 0.337 e. The molecule has 0 aliphatic carbocycles. The van der Waals surface area contributed by atoms with E-state index in [4.69, 9.17) is 9.47 Å². The number of rotatable bonds is 8. The van der Waals surface area contributed by atoms with E-state index in [2.05, 4.69) is 29.6 Å². The molecule has 0 radical (unpaired) electrons. The van der Waals surface area contributed by atoms with Crippen molar-refractivity contribution in [1.29, 1.82) is 0 Å². The van der Waals surface area contributed by atoms with Gasteiger partial charge in [-0.15, -0.1) is 0 Å². The van der Waals surface area contributed by atoms with E-state index in [1.165, 1.54) is 17.5 Å². The van der Waals surface area contributed by atoms with Crippen molar-refractivity contribution in [3.63, 3.8) is 0 Å². The van der Waals surface area contributed by atoms with Crippen LogP contribution < -0.4 is 14.8 Å². The van der Waals surface area contributed by atoms with Crippen LogP contribution in [-0.4, -0.2) is 24.1 Å². The standard InChI is InChI=1S/C28H23NO5/c1-33-26-17-19(12-15-27(30)29-24-9-5-4-8-23(24)28(31)32)11-14-25(26)34-18-20-10-13-21-6-2-3-7-22(21)16-20/h2-17H,18H2,1H3,(H,29,30)(H,31,32). The molecule has 0 spiro atoms. The highest BCUT2D eigenvalue weighted by atomic mass is 16.5. The normalized spacial score (nSPS) is 10.9. The summed E-state index contributed by atoms with van der Waals surface area (Å²) in [4.78, 5) is 23.6. The van der Waals surface area contributed by atoms with E-state index in [1.807, 2.05) is 24.3 Å². The Bertz CT molecular complexity index is 1380. The Morgan fingerprint density at radius 3 is 2.44 bits per heavy atom. The number of fused-ring (bicyclic) bond motifs is 1. The van der Waals surface area contributed by atoms with Gasteiger partial charge in [-0.25, -0.2) is 4.79 Å². The van der Waals surface area contributed by atoms with Crippen LogP contribution in [0.2, 0.25) is 0 Å². The molecule has 0 fully saturated rings. The molecule has 2 N–H and O–H groups in total. The van der Waals surface area contributed by atoms with Gasteiger partial charge in [0.05, 0.1) is 18.4 Å². The predicted octanol–water partition coefficient (Wildman–Crippen LogP) is 5.78. The number of benzene rings is 4. The van der Waals surface area contributed by atoms with Crippen LogP contribution in [0.15, 0.2) is 91.0 Å². The summed E-state index contributed by atoms with van der Waals surface area (Å²) in [6.07, 6.45) is 2.96. The largest absolute Gasteiger partial charge is 0.493 e. The fourth-order valence-electron chi connectivity index (χ4n) is 3.52. The Morgan fingerprint density at radius 2 is 1.65 bits per heavy atom. The summed E-state index contributed by atoms with van der Waals surface area (Å²) in [6.45, 7) is 0.391. The summed E-state index contributed by atoms with van der Waals surface area (Å²) in [6, 6.07) is 26.0. The minimum absolute atomic E-state index is 0.0267. The maximum atomic E-state index is 12.3. The number of carboxylic acid groups (broad SMARTS) is 1. The summed E-state index contributed by atoms with van der Waals surface area (Å²) in [5.74, 6) is -0.416. The van der Waals surface area contributed by atoms with Gasteiger partial charge in [-0.05, 0) is 58.3 Å². The van der Waals surface area contributed by atoms with Gasteiger partial charge in [0.2, 0.25) is 5.91 Å². The highest BCUT2D eigenvalue weighted by molar-refractivity contribution is 6.06. The van der Waals surface area contributed by atoms with Crippen LogP contribution in [0.3, 0.4) is 0 Å². The Hall–Kier alpha value is -4.58. The van der Waals surface area contributed by atoms with Gasteiger partial charge in [-0.3, -0.25) is 4.79 Å². The number of aromatic carboxylic acids is 1. The van der Waals surface area contributed by atoms with Crippen LogP contribution in [0.5, 0.6) is 11.5 Å². The number of carbonyl (C=O) groups is 2. The molecule has 0 atom stereocenters. The Kier molecular flexibility index (Phi) is 6.89. The average Bonchev–Trinajstić information content (AvgIpc) is 2.86. The van der Waals surface area contributed by atoms with Gasteiger partial charge in [0.15, 0.2) is 11.5 Å². The van der Waals surface area contributed by atoms with E-state index in [9.17, 15) is 14.7 Å². The molecule has 0 saturated heterocycles. The van der Waals surface area contributed by atoms with Crippen LogP contribution in [0.25, 0.3) is 16.8 Å². The molecule has 4 rings (SSSR count). The van der Waals surface area contributed by atoms with Crippen molar-refractivity contribution >= 4 is 34.4 Å². The lowest BCUT2D eigenvalue weighted by atomic mass is 10.1. The molecule has 0 aliphatic heterocycles. The second kappa shape index (κ2) is 10.4. The summed E-state index contributed by atoms with van der Waals surface area (Å²) < 4.78 is 11.4. The smallest absolute Gasteiger partial charge is 0.337 e. The van der Waals surface area contributed by atoms with Crippen molar-refractivity contribution in [3.05, 3.63) is 108 Å². The molecule has 0 heterocycles. The number of carboxylic acids is 1. The molecule has 6 nitrogen and oxygen atoms in total. The van der Waals surface area contributed by atoms with E-state index >= 15 is 0 Å². The van der Waals surface area contributed by atoms with Crippen molar-refractivity contribution in [2.75, 3.05) is 12.4 Å². The van der Waals surface area contributed by atoms with Gasteiger partial charge < -0.3 is 19.9 Å². The van der Waals surface area contributed by atoms with E-state index < -0.39 is 11.9 Å². The molecular formula is C28H23NO5. The van der Waals surface area contributed by atoms with Crippen LogP contribution in [0, 0.1) is 0 Å². The molecular weight excluding hydrogens is 430 g/mol. The molecule has 170 valence electrons. The molecule has 1 amide bonds. The zero-order chi connectivity index (χ0) is 23.9. The van der Waals surface area contributed by atoms with E-state index in [0.717, 1.165) is 16.5 Å². The van der Waals surface area contributed by atoms with Crippen molar-refractivity contribution < 1.29 is 24.2 Å². The fourth-order valence-corrected chi connectivity index (χ4v) is 3.52. The van der Waals surface area contributed by atoms with E-state index in [-0.39, 0.29) is 11.3 Å². The third kappa shape index (κ3) is 5.42. The zero-order valence-electron chi connectivity index (χ0n) is 18.5. The molecule has 4 aromatic carbocycles. The van der Waals surface area contributed by atoms with Gasteiger partial charge in [0, 0.05) is 6.08 Å². The number of methoxy groups -OCH3 is 1. The van der Waals surface area contributed by atoms with E-state index in [0.29, 0.717) is 18.1 Å². The van der Waals surface area contributed by atoms with Gasteiger partial charge in [0.25, 0.3) is 0 Å². The topological polar surface area (TPSA) is 84.9 Å². The lowest BCUT2D eigenvalue weighted by Gasteiger charge is -2.12. The van der Waals surface area contributed by atoms with E-state index in [1.54, 1.807) is 43.5 Å². The summed E-state index contributed by atoms with van der Waals surface area (Å²) in [5.41, 5.74) is 2.04. The van der Waals surface area contributed by atoms with Gasteiger partial charge in [-0.1, -0.05) is 54.6 Å². The Balaban J connectivity index is 1.42. The lowest BCUT2D eigenvalue weighted by molar-refractivity contribution is -0.111. The SMILES string of the molecule is COc1cc(C=CC(=O)Nc2ccccc2C(=O)O)ccc1OCc1ccc2ccccc2c1. The maximum absolute atomic E-state index is 12.3. The first-order valence-electron chi connectivity index (χ1n) is 10.6.